The molecule has 0 rings (SSSR count). The van der Waals surface area contributed by atoms with Crippen LogP contribution < -0.4 is 0 Å². The van der Waals surface area contributed by atoms with E-state index >= 15 is 0 Å². The molecule has 0 radical (unpaired) electrons. The highest BCUT2D eigenvalue weighted by molar-refractivity contribution is 7.47. The number of allylic oxidation sites excluding steroid dienone is 16. The molecule has 0 fully saturated rings. The molecular formula is C60H101O11P. The van der Waals surface area contributed by atoms with Crippen molar-refractivity contribution in [3.63, 3.8) is 0 Å². The molecule has 0 amide bonds. The number of unbranched alkanes of at least 4 members (excludes halogenated alkanes) is 18. The predicted octanol–water partition coefficient (Wildman–Crippen LogP) is 16.5. The van der Waals surface area contributed by atoms with Crippen molar-refractivity contribution in [1.29, 1.82) is 0 Å². The molecule has 11 nitrogen and oxygen atoms in total. The lowest BCUT2D eigenvalue weighted by Crippen LogP contribution is -2.30. The van der Waals surface area contributed by atoms with E-state index in [4.69, 9.17) is 23.3 Å². The molecule has 0 bridgehead atoms. The van der Waals surface area contributed by atoms with Crippen LogP contribution in [0.25, 0.3) is 0 Å². The molecule has 3 unspecified atom stereocenters. The maximum atomic E-state index is 12.9. The number of aliphatic hydroxyl groups is 1. The van der Waals surface area contributed by atoms with Gasteiger partial charge in [0.1, 0.15) is 12.7 Å². The van der Waals surface area contributed by atoms with Gasteiger partial charge in [0.05, 0.1) is 19.8 Å². The smallest absolute Gasteiger partial charge is 0.462 e. The Bertz CT molecular complexity index is 1580. The lowest BCUT2D eigenvalue weighted by Gasteiger charge is -2.21. The van der Waals surface area contributed by atoms with Gasteiger partial charge < -0.3 is 24.2 Å². The number of rotatable bonds is 51. The quantitative estimate of drug-likeness (QED) is 0.0197. The van der Waals surface area contributed by atoms with Gasteiger partial charge in [0, 0.05) is 19.3 Å². The number of esters is 3. The zero-order chi connectivity index (χ0) is 52.7. The van der Waals surface area contributed by atoms with Gasteiger partial charge in [-0.15, -0.1) is 0 Å². The molecule has 412 valence electrons. The molecule has 0 aliphatic heterocycles. The summed E-state index contributed by atoms with van der Waals surface area (Å²) >= 11 is 0. The highest BCUT2D eigenvalue weighted by atomic mass is 31.2. The van der Waals surface area contributed by atoms with Crippen molar-refractivity contribution < 1.29 is 52.2 Å². The van der Waals surface area contributed by atoms with Crippen molar-refractivity contribution in [2.45, 2.75) is 238 Å². The second kappa shape index (κ2) is 53.7. The van der Waals surface area contributed by atoms with E-state index < -0.39 is 57.8 Å². The summed E-state index contributed by atoms with van der Waals surface area (Å²) in [5, 5.41) is 9.79. The maximum Gasteiger partial charge on any atom is 0.472 e. The Labute approximate surface area is 438 Å². The topological polar surface area (TPSA) is 155 Å². The number of ether oxygens (including phenoxy) is 3. The molecule has 2 N–H and O–H groups in total. The fourth-order valence-electron chi connectivity index (χ4n) is 7.19. The van der Waals surface area contributed by atoms with Crippen LogP contribution in [0.3, 0.4) is 0 Å². The van der Waals surface area contributed by atoms with E-state index in [1.165, 1.54) is 38.5 Å². The number of phosphoric ester groups is 1. The van der Waals surface area contributed by atoms with Crippen LogP contribution in [0, 0.1) is 0 Å². The fourth-order valence-corrected chi connectivity index (χ4v) is 7.97. The van der Waals surface area contributed by atoms with Crippen molar-refractivity contribution in [2.75, 3.05) is 26.4 Å². The van der Waals surface area contributed by atoms with Crippen molar-refractivity contribution in [3.8, 4) is 0 Å². The van der Waals surface area contributed by atoms with E-state index in [-0.39, 0.29) is 25.9 Å². The number of hydrogen-bond donors (Lipinski definition) is 2. The third-order valence-electron chi connectivity index (χ3n) is 11.4. The SMILES string of the molecule is CC/C=C\C/C=C\C/C=C\C/C=C\C/C=C\CCCC(=O)OCC(COP(=O)(O)OCC(CO)OC(=O)CCCCCCC/C=C\C/C=C\CCC)OC(=O)CCCCCCC/C=C\CCCCCCCC. The van der Waals surface area contributed by atoms with Crippen molar-refractivity contribution in [1.82, 2.24) is 0 Å². The van der Waals surface area contributed by atoms with Crippen LogP contribution in [0.4, 0.5) is 0 Å². The summed E-state index contributed by atoms with van der Waals surface area (Å²) in [6, 6.07) is 0. The number of aliphatic hydroxyl groups excluding tert-OH is 1. The Morgan fingerprint density at radius 2 is 0.764 bits per heavy atom. The molecule has 0 spiro atoms. The first-order valence-electron chi connectivity index (χ1n) is 28.1. The molecule has 0 aromatic carbocycles. The second-order valence-electron chi connectivity index (χ2n) is 18.4. The fraction of sp³-hybridized carbons (Fsp3) is 0.683. The van der Waals surface area contributed by atoms with Crippen LogP contribution in [0.15, 0.2) is 97.2 Å². The Morgan fingerprint density at radius 3 is 1.22 bits per heavy atom. The summed E-state index contributed by atoms with van der Waals surface area (Å²) in [7, 11) is -4.77. The van der Waals surface area contributed by atoms with Crippen LogP contribution >= 0.6 is 7.82 Å². The normalized spacial score (nSPS) is 14.1. The molecule has 0 aliphatic rings. The van der Waals surface area contributed by atoms with Gasteiger partial charge in [-0.25, -0.2) is 4.57 Å². The summed E-state index contributed by atoms with van der Waals surface area (Å²) in [6.45, 7) is 4.36. The van der Waals surface area contributed by atoms with Gasteiger partial charge in [0.25, 0.3) is 0 Å². The van der Waals surface area contributed by atoms with Gasteiger partial charge in [-0.05, 0) is 109 Å². The van der Waals surface area contributed by atoms with E-state index in [0.29, 0.717) is 25.7 Å². The van der Waals surface area contributed by atoms with E-state index in [2.05, 4.69) is 112 Å². The first-order chi connectivity index (χ1) is 35.2. The molecule has 0 heterocycles. The Morgan fingerprint density at radius 1 is 0.403 bits per heavy atom. The molecule has 72 heavy (non-hydrogen) atoms. The van der Waals surface area contributed by atoms with Crippen LogP contribution in [-0.2, 0) is 42.2 Å². The largest absolute Gasteiger partial charge is 0.472 e. The van der Waals surface area contributed by atoms with E-state index in [1.54, 1.807) is 0 Å². The highest BCUT2D eigenvalue weighted by Gasteiger charge is 2.28. The van der Waals surface area contributed by atoms with Gasteiger partial charge in [0.2, 0.25) is 0 Å². The first kappa shape index (κ1) is 68.4. The van der Waals surface area contributed by atoms with Crippen molar-refractivity contribution in [3.05, 3.63) is 97.2 Å². The summed E-state index contributed by atoms with van der Waals surface area (Å²) < 4.78 is 39.4. The summed E-state index contributed by atoms with van der Waals surface area (Å²) in [6.07, 6.45) is 62.3. The molecule has 0 aliphatic carbocycles. The van der Waals surface area contributed by atoms with Gasteiger partial charge in [-0.2, -0.15) is 0 Å². The number of phosphoric acid groups is 1. The van der Waals surface area contributed by atoms with Crippen LogP contribution in [-0.4, -0.2) is 66.5 Å². The van der Waals surface area contributed by atoms with E-state index in [0.717, 1.165) is 122 Å². The minimum atomic E-state index is -4.77. The zero-order valence-electron chi connectivity index (χ0n) is 45.4. The summed E-state index contributed by atoms with van der Waals surface area (Å²) in [5.41, 5.74) is 0. The summed E-state index contributed by atoms with van der Waals surface area (Å²) in [5.74, 6) is -1.57. The van der Waals surface area contributed by atoms with E-state index in [1.807, 2.05) is 6.08 Å². The van der Waals surface area contributed by atoms with Crippen LogP contribution in [0.1, 0.15) is 226 Å². The van der Waals surface area contributed by atoms with Crippen LogP contribution in [0.2, 0.25) is 0 Å². The number of hydrogen-bond acceptors (Lipinski definition) is 10. The van der Waals surface area contributed by atoms with E-state index in [9.17, 15) is 28.9 Å². The van der Waals surface area contributed by atoms with Gasteiger partial charge in [-0.3, -0.25) is 23.4 Å². The number of carbonyl (C=O) groups excluding carboxylic acids is 3. The van der Waals surface area contributed by atoms with Crippen LogP contribution in [0.5, 0.6) is 0 Å². The lowest BCUT2D eigenvalue weighted by atomic mass is 10.1. The maximum absolute atomic E-state index is 12.9. The molecule has 12 heteroatoms. The van der Waals surface area contributed by atoms with Gasteiger partial charge >= 0.3 is 25.7 Å². The molecule has 0 aromatic heterocycles. The first-order valence-corrected chi connectivity index (χ1v) is 29.6. The summed E-state index contributed by atoms with van der Waals surface area (Å²) in [4.78, 5) is 48.5. The average Bonchev–Trinajstić information content (AvgIpc) is 3.37. The predicted molar refractivity (Wildman–Crippen MR) is 297 cm³/mol. The standard InChI is InChI=1S/C60H101O11P/c1-4-7-10-13-16-19-22-25-27-28-30-32-34-37-40-43-46-49-58(62)67-53-57(71-60(64)51-48-45-42-39-36-33-29-26-23-20-17-14-11-8-5-2)55-69-72(65,66)68-54-56(52-61)70-59(63)50-47-44-41-38-35-31-24-21-18-15-12-9-6-3/h7,10,12,15-16,19,21,24-27,29-30,32,37,40,56-57,61H,4-6,8-9,11,13-14,17-18,20,22-23,28,31,33-36,38-39,41-55H2,1-3H3,(H,65,66)/b10-7-,15-12-,19-16-,24-21-,27-25-,29-26-,32-30-,40-37-. The monoisotopic (exact) mass is 1030 g/mol. The molecule has 0 saturated heterocycles. The molecule has 3 atom stereocenters. The lowest BCUT2D eigenvalue weighted by molar-refractivity contribution is -0.161. The third kappa shape index (κ3) is 51.3. The van der Waals surface area contributed by atoms with Crippen molar-refractivity contribution >= 4 is 25.7 Å². The molecular weight excluding hydrogens is 928 g/mol. The van der Waals surface area contributed by atoms with Gasteiger partial charge in [-0.1, -0.05) is 195 Å². The average molecular weight is 1030 g/mol. The van der Waals surface area contributed by atoms with Gasteiger partial charge in [0.15, 0.2) is 6.10 Å². The Hall–Kier alpha value is -3.60. The Balaban J connectivity index is 4.84. The molecule has 0 aromatic rings. The van der Waals surface area contributed by atoms with Crippen molar-refractivity contribution in [2.24, 2.45) is 0 Å². The Kier molecular flexibility index (Phi) is 51.0. The number of carbonyl (C=O) groups is 3. The second-order valence-corrected chi connectivity index (χ2v) is 19.8. The highest BCUT2D eigenvalue weighted by Crippen LogP contribution is 2.43. The minimum Gasteiger partial charge on any atom is -0.462 e. The molecule has 0 saturated carbocycles. The third-order valence-corrected chi connectivity index (χ3v) is 12.4. The zero-order valence-corrected chi connectivity index (χ0v) is 46.3. The minimum absolute atomic E-state index is 0.141.